The number of hydrogen-bond acceptors (Lipinski definition) is 2. The van der Waals surface area contributed by atoms with E-state index in [0.29, 0.717) is 6.29 Å². The van der Waals surface area contributed by atoms with E-state index in [9.17, 15) is 4.79 Å². The van der Waals surface area contributed by atoms with Gasteiger partial charge in [0, 0.05) is 6.42 Å². The topological polar surface area (TPSA) is 37.3 Å². The Kier molecular flexibility index (Phi) is 4.04. The number of carbonyl (C=O) groups is 1. The van der Waals surface area contributed by atoms with Crippen LogP contribution in [0.3, 0.4) is 0 Å². The van der Waals surface area contributed by atoms with Crippen molar-refractivity contribution in [1.29, 1.82) is 0 Å². The molecule has 3 heteroatoms. The Bertz CT molecular complexity index is 55.7. The smallest absolute Gasteiger partial charge is 0.121 e. The van der Waals surface area contributed by atoms with Crippen molar-refractivity contribution in [2.45, 2.75) is 11.8 Å². The van der Waals surface area contributed by atoms with Gasteiger partial charge in [0.25, 0.3) is 0 Å². The second-order valence-electron chi connectivity index (χ2n) is 1.18. The normalized spacial score (nSPS) is 13.4. The predicted octanol–water partition coefficient (Wildman–Crippen LogP) is 0.175. The van der Waals surface area contributed by atoms with Crippen LogP contribution in [0.25, 0.3) is 0 Å². The molecule has 0 aliphatic heterocycles. The maximum absolute atomic E-state index is 9.58. The number of aliphatic hydroxyl groups is 1. The number of rotatable bonds is 3. The van der Waals surface area contributed by atoms with E-state index in [4.69, 9.17) is 16.7 Å². The molecule has 0 aliphatic carbocycles. The maximum Gasteiger partial charge on any atom is 0.121 e. The fourth-order valence-corrected chi connectivity index (χ4v) is 0.252. The minimum absolute atomic E-state index is 0.125. The number of aldehydes is 1. The lowest BCUT2D eigenvalue weighted by Gasteiger charge is -1.94. The molecule has 0 aliphatic rings. The summed E-state index contributed by atoms with van der Waals surface area (Å²) in [6, 6.07) is 0. The highest BCUT2D eigenvalue weighted by Gasteiger charge is 1.97. The van der Waals surface area contributed by atoms with E-state index in [1.54, 1.807) is 0 Å². The van der Waals surface area contributed by atoms with Crippen LogP contribution >= 0.6 is 11.6 Å². The number of carbonyl (C=O) groups excluding carboxylic acids is 1. The summed E-state index contributed by atoms with van der Waals surface area (Å²) in [6.07, 6.45) is 0.923. The van der Waals surface area contributed by atoms with Crippen LogP contribution in [0.15, 0.2) is 0 Å². The third kappa shape index (κ3) is 3.76. The van der Waals surface area contributed by atoms with E-state index in [1.807, 2.05) is 0 Å². The quantitative estimate of drug-likeness (QED) is 0.428. The fourth-order valence-electron chi connectivity index (χ4n) is 0.179. The zero-order valence-electron chi connectivity index (χ0n) is 3.80. The summed E-state index contributed by atoms with van der Waals surface area (Å²) in [5.74, 6) is 0. The average Bonchev–Trinajstić information content (AvgIpc) is 1.68. The summed E-state index contributed by atoms with van der Waals surface area (Å²) in [5.41, 5.74) is 0. The van der Waals surface area contributed by atoms with Gasteiger partial charge in [-0.15, -0.1) is 11.6 Å². The van der Waals surface area contributed by atoms with Gasteiger partial charge >= 0.3 is 0 Å². The van der Waals surface area contributed by atoms with Gasteiger partial charge in [-0.1, -0.05) is 0 Å². The van der Waals surface area contributed by atoms with E-state index in [-0.39, 0.29) is 13.0 Å². The number of aliphatic hydroxyl groups excluding tert-OH is 1. The summed E-state index contributed by atoms with van der Waals surface area (Å²) in [5, 5.41) is 7.78. The van der Waals surface area contributed by atoms with Crippen LogP contribution < -0.4 is 0 Å². The predicted molar refractivity (Wildman–Crippen MR) is 27.4 cm³/mol. The van der Waals surface area contributed by atoms with Crippen molar-refractivity contribution in [2.24, 2.45) is 0 Å². The molecule has 0 saturated carbocycles. The van der Waals surface area contributed by atoms with Crippen LogP contribution in [-0.2, 0) is 4.79 Å². The number of halogens is 1. The maximum atomic E-state index is 9.58. The van der Waals surface area contributed by atoms with Crippen molar-refractivity contribution in [1.82, 2.24) is 0 Å². The van der Waals surface area contributed by atoms with E-state index >= 15 is 0 Å². The van der Waals surface area contributed by atoms with E-state index in [2.05, 4.69) is 0 Å². The van der Waals surface area contributed by atoms with Crippen LogP contribution in [0.4, 0.5) is 0 Å². The fraction of sp³-hybridized carbons (Fsp3) is 0.750. The molecule has 0 bridgehead atoms. The van der Waals surface area contributed by atoms with Crippen molar-refractivity contribution in [2.75, 3.05) is 6.61 Å². The summed E-state index contributed by atoms with van der Waals surface area (Å²) >= 11 is 5.28. The van der Waals surface area contributed by atoms with Crippen LogP contribution in [0.5, 0.6) is 0 Å². The molecule has 0 aromatic carbocycles. The van der Waals surface area contributed by atoms with E-state index < -0.39 is 5.38 Å². The Morgan fingerprint density at radius 2 is 2.43 bits per heavy atom. The zero-order chi connectivity index (χ0) is 5.70. The van der Waals surface area contributed by atoms with Gasteiger partial charge in [-0.25, -0.2) is 0 Å². The summed E-state index contributed by atoms with van der Waals surface area (Å²) in [6.45, 7) is -0.125. The summed E-state index contributed by atoms with van der Waals surface area (Å²) in [7, 11) is 0. The van der Waals surface area contributed by atoms with Gasteiger partial charge in [0.05, 0.1) is 12.0 Å². The van der Waals surface area contributed by atoms with Crippen LogP contribution in [0, 0.1) is 0 Å². The SMILES string of the molecule is O=CCC(Cl)CO. The Balaban J connectivity index is 2.98. The third-order valence-corrected chi connectivity index (χ3v) is 0.866. The minimum atomic E-state index is -0.391. The van der Waals surface area contributed by atoms with Crippen LogP contribution in [0.1, 0.15) is 6.42 Å². The number of hydrogen-bond donors (Lipinski definition) is 1. The lowest BCUT2D eigenvalue weighted by molar-refractivity contribution is -0.108. The molecule has 0 fully saturated rings. The van der Waals surface area contributed by atoms with Crippen LogP contribution in [-0.4, -0.2) is 23.4 Å². The van der Waals surface area contributed by atoms with Gasteiger partial charge in [0.15, 0.2) is 0 Å². The molecule has 0 aromatic heterocycles. The van der Waals surface area contributed by atoms with E-state index in [1.165, 1.54) is 0 Å². The van der Waals surface area contributed by atoms with Crippen molar-refractivity contribution in [3.05, 3.63) is 0 Å². The highest BCUT2D eigenvalue weighted by Crippen LogP contribution is 1.95. The molecule has 1 N–H and O–H groups in total. The first-order valence-corrected chi connectivity index (χ1v) is 2.43. The summed E-state index contributed by atoms with van der Waals surface area (Å²) in [4.78, 5) is 9.58. The van der Waals surface area contributed by atoms with Gasteiger partial charge in [-0.05, 0) is 0 Å². The standard InChI is InChI=1S/C4H7ClO2/c5-4(3-7)1-2-6/h2,4,7H,1,3H2. The molecule has 2 nitrogen and oxygen atoms in total. The molecule has 7 heavy (non-hydrogen) atoms. The highest BCUT2D eigenvalue weighted by molar-refractivity contribution is 6.21. The molecular weight excluding hydrogens is 115 g/mol. The molecule has 0 saturated heterocycles. The van der Waals surface area contributed by atoms with Crippen molar-refractivity contribution >= 4 is 17.9 Å². The van der Waals surface area contributed by atoms with Gasteiger partial charge in [0.2, 0.25) is 0 Å². The first-order valence-electron chi connectivity index (χ1n) is 1.99. The van der Waals surface area contributed by atoms with Gasteiger partial charge in [0.1, 0.15) is 6.29 Å². The second-order valence-corrected chi connectivity index (χ2v) is 1.80. The van der Waals surface area contributed by atoms with E-state index in [0.717, 1.165) is 0 Å². The Labute approximate surface area is 47.1 Å². The Hall–Kier alpha value is -0.0800. The van der Waals surface area contributed by atoms with Crippen molar-refractivity contribution in [3.63, 3.8) is 0 Å². The number of alkyl halides is 1. The van der Waals surface area contributed by atoms with Crippen molar-refractivity contribution in [3.8, 4) is 0 Å². The Morgan fingerprint density at radius 3 is 2.57 bits per heavy atom. The molecule has 0 spiro atoms. The average molecular weight is 123 g/mol. The lowest BCUT2D eigenvalue weighted by Crippen LogP contribution is -2.03. The molecule has 0 amide bonds. The van der Waals surface area contributed by atoms with Crippen LogP contribution in [0.2, 0.25) is 0 Å². The molecule has 42 valence electrons. The summed E-state index contributed by atoms with van der Waals surface area (Å²) < 4.78 is 0. The Morgan fingerprint density at radius 1 is 1.86 bits per heavy atom. The molecule has 0 aromatic rings. The van der Waals surface area contributed by atoms with Gasteiger partial charge in [-0.3, -0.25) is 0 Å². The molecule has 0 rings (SSSR count). The van der Waals surface area contributed by atoms with Gasteiger partial charge < -0.3 is 9.90 Å². The van der Waals surface area contributed by atoms with Gasteiger partial charge in [-0.2, -0.15) is 0 Å². The monoisotopic (exact) mass is 122 g/mol. The molecule has 1 unspecified atom stereocenters. The zero-order valence-corrected chi connectivity index (χ0v) is 4.56. The molecule has 0 heterocycles. The molecule has 1 atom stereocenters. The first-order chi connectivity index (χ1) is 3.31. The first kappa shape index (κ1) is 6.92. The molecular formula is C4H7ClO2. The lowest BCUT2D eigenvalue weighted by atomic mass is 10.3. The second kappa shape index (κ2) is 4.09. The minimum Gasteiger partial charge on any atom is -0.395 e. The highest BCUT2D eigenvalue weighted by atomic mass is 35.5. The van der Waals surface area contributed by atoms with Crippen molar-refractivity contribution < 1.29 is 9.90 Å². The largest absolute Gasteiger partial charge is 0.395 e. The third-order valence-electron chi connectivity index (χ3n) is 0.550. The molecule has 0 radical (unpaired) electrons.